The maximum atomic E-state index is 6.03. The third-order valence-electron chi connectivity index (χ3n) is 2.12. The first-order chi connectivity index (χ1) is 6.81. The highest BCUT2D eigenvalue weighted by molar-refractivity contribution is 6.30. The molecule has 0 bridgehead atoms. The fourth-order valence-electron chi connectivity index (χ4n) is 1.45. The lowest BCUT2D eigenvalue weighted by atomic mass is 10.1. The highest BCUT2D eigenvalue weighted by Crippen LogP contribution is 2.19. The zero-order chi connectivity index (χ0) is 9.97. The molecule has 1 aromatic carbocycles. The Balaban J connectivity index is 2.59. The summed E-state index contributed by atoms with van der Waals surface area (Å²) in [6.07, 6.45) is 0. The Morgan fingerprint density at radius 1 is 1.36 bits per heavy atom. The van der Waals surface area contributed by atoms with Crippen LogP contribution in [0.25, 0.3) is 10.9 Å². The lowest BCUT2D eigenvalue weighted by Gasteiger charge is -2.04. The predicted molar refractivity (Wildman–Crippen MR) is 59.5 cm³/mol. The van der Waals surface area contributed by atoms with Crippen molar-refractivity contribution in [3.8, 4) is 0 Å². The van der Waals surface area contributed by atoms with Crippen molar-refractivity contribution < 1.29 is 0 Å². The highest BCUT2D eigenvalue weighted by atomic mass is 35.5. The van der Waals surface area contributed by atoms with Crippen LogP contribution in [0.4, 0.5) is 0 Å². The van der Waals surface area contributed by atoms with Crippen molar-refractivity contribution in [1.29, 1.82) is 0 Å². The molecule has 0 aliphatic heterocycles. The lowest BCUT2D eigenvalue weighted by Crippen LogP contribution is -2.06. The molecular weight excluding hydrogens is 196 g/mol. The monoisotopic (exact) mass is 206 g/mol. The van der Waals surface area contributed by atoms with Gasteiger partial charge in [0.1, 0.15) is 5.15 Å². The molecule has 0 saturated heterocycles. The molecule has 0 atom stereocenters. The molecule has 72 valence electrons. The van der Waals surface area contributed by atoms with Crippen LogP contribution < -0.4 is 5.32 Å². The Hall–Kier alpha value is -1.12. The largest absolute Gasteiger partial charge is 0.316 e. The van der Waals surface area contributed by atoms with E-state index in [4.69, 9.17) is 11.6 Å². The summed E-state index contributed by atoms with van der Waals surface area (Å²) in [7, 11) is 1.89. The molecule has 0 saturated carbocycles. The number of hydrogen-bond donors (Lipinski definition) is 1. The molecule has 1 heterocycles. The second kappa shape index (κ2) is 3.95. The van der Waals surface area contributed by atoms with Crippen LogP contribution in [0.3, 0.4) is 0 Å². The molecule has 14 heavy (non-hydrogen) atoms. The Kier molecular flexibility index (Phi) is 2.66. The van der Waals surface area contributed by atoms with Crippen molar-refractivity contribution in [1.82, 2.24) is 10.3 Å². The molecule has 2 aromatic rings. The molecule has 0 unspecified atom stereocenters. The average Bonchev–Trinajstić information content (AvgIpc) is 2.19. The van der Waals surface area contributed by atoms with Crippen molar-refractivity contribution in [2.24, 2.45) is 0 Å². The van der Waals surface area contributed by atoms with Gasteiger partial charge in [0.2, 0.25) is 0 Å². The number of rotatable bonds is 2. The number of halogens is 1. The number of fused-ring (bicyclic) bond motifs is 1. The van der Waals surface area contributed by atoms with Gasteiger partial charge in [0.25, 0.3) is 0 Å². The Labute approximate surface area is 87.9 Å². The van der Waals surface area contributed by atoms with Crippen LogP contribution in [0.5, 0.6) is 0 Å². The number of para-hydroxylation sites is 1. The molecular formula is C11H11ClN2. The zero-order valence-electron chi connectivity index (χ0n) is 7.92. The highest BCUT2D eigenvalue weighted by Gasteiger charge is 2.02. The molecule has 2 nitrogen and oxygen atoms in total. The molecule has 0 spiro atoms. The number of nitrogens with one attached hydrogen (secondary N) is 1. The minimum Gasteiger partial charge on any atom is -0.316 e. The van der Waals surface area contributed by atoms with Crippen LogP contribution in [-0.2, 0) is 6.54 Å². The van der Waals surface area contributed by atoms with Crippen molar-refractivity contribution in [2.75, 3.05) is 7.05 Å². The van der Waals surface area contributed by atoms with Gasteiger partial charge in [-0.15, -0.1) is 0 Å². The quantitative estimate of drug-likeness (QED) is 0.765. The van der Waals surface area contributed by atoms with Crippen LogP contribution in [-0.4, -0.2) is 12.0 Å². The fraction of sp³-hybridized carbons (Fsp3) is 0.182. The number of hydrogen-bond acceptors (Lipinski definition) is 2. The van der Waals surface area contributed by atoms with Crippen LogP contribution in [0.15, 0.2) is 30.3 Å². The average molecular weight is 207 g/mol. The van der Waals surface area contributed by atoms with Gasteiger partial charge in [-0.25, -0.2) is 4.98 Å². The van der Waals surface area contributed by atoms with E-state index < -0.39 is 0 Å². The number of benzene rings is 1. The molecule has 3 heteroatoms. The lowest BCUT2D eigenvalue weighted by molar-refractivity contribution is 0.815. The van der Waals surface area contributed by atoms with E-state index in [-0.39, 0.29) is 0 Å². The van der Waals surface area contributed by atoms with Crippen molar-refractivity contribution in [2.45, 2.75) is 6.54 Å². The molecule has 0 amide bonds. The summed E-state index contributed by atoms with van der Waals surface area (Å²) in [5, 5.41) is 4.77. The van der Waals surface area contributed by atoms with Crippen LogP contribution in [0.1, 0.15) is 5.56 Å². The second-order valence-electron chi connectivity index (χ2n) is 3.16. The summed E-state index contributed by atoms with van der Waals surface area (Å²) in [5.41, 5.74) is 1.98. The normalized spacial score (nSPS) is 10.7. The van der Waals surface area contributed by atoms with E-state index in [1.165, 1.54) is 0 Å². The Morgan fingerprint density at radius 2 is 2.14 bits per heavy atom. The van der Waals surface area contributed by atoms with Gasteiger partial charge in [-0.1, -0.05) is 29.8 Å². The molecule has 1 N–H and O–H groups in total. The smallest absolute Gasteiger partial charge is 0.134 e. The van der Waals surface area contributed by atoms with Gasteiger partial charge < -0.3 is 5.32 Å². The van der Waals surface area contributed by atoms with Crippen LogP contribution in [0.2, 0.25) is 5.15 Å². The van der Waals surface area contributed by atoms with Crippen molar-refractivity contribution in [3.63, 3.8) is 0 Å². The standard InChI is InChI=1S/C11H11ClN2/c1-13-7-9-6-8-4-2-3-5-10(8)14-11(9)12/h2-6,13H,7H2,1H3. The van der Waals surface area contributed by atoms with Gasteiger partial charge >= 0.3 is 0 Å². The Morgan fingerprint density at radius 3 is 2.93 bits per heavy atom. The number of nitrogens with zero attached hydrogens (tertiary/aromatic N) is 1. The minimum absolute atomic E-state index is 0.582. The van der Waals surface area contributed by atoms with E-state index in [0.29, 0.717) is 5.15 Å². The number of aromatic nitrogens is 1. The third-order valence-corrected chi connectivity index (χ3v) is 2.44. The fourth-order valence-corrected chi connectivity index (χ4v) is 1.66. The zero-order valence-corrected chi connectivity index (χ0v) is 8.67. The summed E-state index contributed by atoms with van der Waals surface area (Å²) in [5.74, 6) is 0. The van der Waals surface area contributed by atoms with Gasteiger partial charge in [-0.05, 0) is 19.2 Å². The summed E-state index contributed by atoms with van der Waals surface area (Å²) in [6.45, 7) is 0.747. The van der Waals surface area contributed by atoms with Crippen LogP contribution in [0, 0.1) is 0 Å². The molecule has 0 fully saturated rings. The third kappa shape index (κ3) is 1.72. The molecule has 2 rings (SSSR count). The topological polar surface area (TPSA) is 24.9 Å². The van der Waals surface area contributed by atoms with E-state index in [0.717, 1.165) is 23.0 Å². The summed E-state index contributed by atoms with van der Waals surface area (Å²) in [4.78, 5) is 4.32. The van der Waals surface area contributed by atoms with E-state index >= 15 is 0 Å². The van der Waals surface area contributed by atoms with Gasteiger partial charge in [0.15, 0.2) is 0 Å². The van der Waals surface area contributed by atoms with Crippen LogP contribution >= 0.6 is 11.6 Å². The second-order valence-corrected chi connectivity index (χ2v) is 3.52. The molecule has 0 aliphatic rings. The molecule has 1 aromatic heterocycles. The minimum atomic E-state index is 0.582. The predicted octanol–water partition coefficient (Wildman–Crippen LogP) is 2.61. The maximum absolute atomic E-state index is 6.03. The molecule has 0 radical (unpaired) electrons. The van der Waals surface area contributed by atoms with E-state index in [1.54, 1.807) is 0 Å². The molecule has 0 aliphatic carbocycles. The first-order valence-electron chi connectivity index (χ1n) is 4.50. The summed E-state index contributed by atoms with van der Waals surface area (Å²) >= 11 is 6.03. The van der Waals surface area contributed by atoms with E-state index in [1.807, 2.05) is 31.3 Å². The first-order valence-corrected chi connectivity index (χ1v) is 4.88. The maximum Gasteiger partial charge on any atom is 0.134 e. The summed E-state index contributed by atoms with van der Waals surface area (Å²) in [6, 6.07) is 10.0. The van der Waals surface area contributed by atoms with Gasteiger partial charge in [0.05, 0.1) is 5.52 Å². The Bertz CT molecular complexity index is 454. The first kappa shape index (κ1) is 9.44. The van der Waals surface area contributed by atoms with Gasteiger partial charge in [-0.2, -0.15) is 0 Å². The van der Waals surface area contributed by atoms with E-state index in [9.17, 15) is 0 Å². The summed E-state index contributed by atoms with van der Waals surface area (Å²) < 4.78 is 0. The van der Waals surface area contributed by atoms with Gasteiger partial charge in [0, 0.05) is 17.5 Å². The van der Waals surface area contributed by atoms with Crippen molar-refractivity contribution in [3.05, 3.63) is 41.0 Å². The van der Waals surface area contributed by atoms with E-state index in [2.05, 4.69) is 16.4 Å². The van der Waals surface area contributed by atoms with Crippen molar-refractivity contribution >= 4 is 22.5 Å². The number of pyridine rings is 1. The van der Waals surface area contributed by atoms with Gasteiger partial charge in [-0.3, -0.25) is 0 Å². The SMILES string of the molecule is CNCc1cc2ccccc2nc1Cl.